The van der Waals surface area contributed by atoms with Crippen LogP contribution in [0.4, 0.5) is 0 Å². The summed E-state index contributed by atoms with van der Waals surface area (Å²) in [6.45, 7) is 1.77. The van der Waals surface area contributed by atoms with Crippen LogP contribution < -0.4 is 0 Å². The molecule has 0 saturated carbocycles. The fraction of sp³-hybridized carbons (Fsp3) is 0.308. The third-order valence-electron chi connectivity index (χ3n) is 3.36. The summed E-state index contributed by atoms with van der Waals surface area (Å²) < 4.78 is 26.6. The van der Waals surface area contributed by atoms with Crippen LogP contribution in [0.15, 0.2) is 35.5 Å². The number of rotatable bonds is 5. The number of H-pyrrole nitrogens is 1. The van der Waals surface area contributed by atoms with Gasteiger partial charge in [-0.05, 0) is 18.6 Å². The molecule has 0 bridgehead atoms. The molecule has 1 unspecified atom stereocenters. The van der Waals surface area contributed by atoms with E-state index in [1.54, 1.807) is 25.1 Å². The third-order valence-corrected chi connectivity index (χ3v) is 5.94. The Kier molecular flexibility index (Phi) is 4.93. The Morgan fingerprint density at radius 2 is 2.05 bits per heavy atom. The van der Waals surface area contributed by atoms with Crippen molar-refractivity contribution >= 4 is 33.2 Å². The van der Waals surface area contributed by atoms with E-state index < -0.39 is 16.1 Å². The molecule has 0 spiro atoms. The number of nitrogens with one attached hydrogen (secondary N) is 1. The van der Waals surface area contributed by atoms with Crippen LogP contribution in [-0.4, -0.2) is 30.0 Å². The second-order valence-electron chi connectivity index (χ2n) is 4.58. The van der Waals surface area contributed by atoms with Gasteiger partial charge >= 0.3 is 0 Å². The van der Waals surface area contributed by atoms with Crippen molar-refractivity contribution in [3.63, 3.8) is 0 Å². The summed E-state index contributed by atoms with van der Waals surface area (Å²) in [4.78, 5) is 0. The van der Waals surface area contributed by atoms with Crippen LogP contribution in [0.3, 0.4) is 0 Å². The van der Waals surface area contributed by atoms with Gasteiger partial charge in [-0.3, -0.25) is 5.10 Å². The summed E-state index contributed by atoms with van der Waals surface area (Å²) in [6.07, 6.45) is 1.41. The molecule has 1 aromatic heterocycles. The SMILES string of the molecule is CC(c1ccccc1Cl)N(C)S(=O)(=O)c1[nH]ncc1CCl. The van der Waals surface area contributed by atoms with E-state index in [9.17, 15) is 8.42 Å². The number of halogens is 2. The molecule has 2 rings (SSSR count). The third kappa shape index (κ3) is 3.08. The first-order valence-corrected chi connectivity index (χ1v) is 8.55. The highest BCUT2D eigenvalue weighted by Gasteiger charge is 2.30. The second-order valence-corrected chi connectivity index (χ2v) is 7.19. The van der Waals surface area contributed by atoms with E-state index in [4.69, 9.17) is 23.2 Å². The molecule has 0 aliphatic carbocycles. The summed E-state index contributed by atoms with van der Waals surface area (Å²) in [5.41, 5.74) is 1.17. The van der Waals surface area contributed by atoms with Crippen molar-refractivity contribution in [1.29, 1.82) is 0 Å². The molecule has 0 radical (unpaired) electrons. The quantitative estimate of drug-likeness (QED) is 0.844. The summed E-state index contributed by atoms with van der Waals surface area (Å²) in [7, 11) is -2.23. The van der Waals surface area contributed by atoms with Crippen molar-refractivity contribution in [3.8, 4) is 0 Å². The molecule has 1 N–H and O–H groups in total. The number of aromatic nitrogens is 2. The Labute approximate surface area is 133 Å². The van der Waals surface area contributed by atoms with Crippen molar-refractivity contribution in [2.45, 2.75) is 23.9 Å². The zero-order chi connectivity index (χ0) is 15.6. The van der Waals surface area contributed by atoms with E-state index in [1.807, 2.05) is 6.07 Å². The number of hydrogen-bond acceptors (Lipinski definition) is 3. The number of aromatic amines is 1. The smallest absolute Gasteiger partial charge is 0.260 e. The number of hydrogen-bond donors (Lipinski definition) is 1. The van der Waals surface area contributed by atoms with Crippen LogP contribution in [-0.2, 0) is 15.9 Å². The molecule has 0 aliphatic heterocycles. The van der Waals surface area contributed by atoms with Crippen molar-refractivity contribution in [2.24, 2.45) is 0 Å². The van der Waals surface area contributed by atoms with Crippen molar-refractivity contribution in [2.75, 3.05) is 7.05 Å². The Hall–Kier alpha value is -1.08. The van der Waals surface area contributed by atoms with Gasteiger partial charge in [-0.2, -0.15) is 9.40 Å². The lowest BCUT2D eigenvalue weighted by Crippen LogP contribution is -2.30. The molecular weight excluding hydrogens is 333 g/mol. The van der Waals surface area contributed by atoms with E-state index in [0.717, 1.165) is 5.56 Å². The van der Waals surface area contributed by atoms with Crippen LogP contribution >= 0.6 is 23.2 Å². The first kappa shape index (κ1) is 16.3. The standard InChI is InChI=1S/C13H15Cl2N3O2S/c1-9(11-5-3-4-6-12(11)15)18(2)21(19,20)13-10(7-14)8-16-17-13/h3-6,8-9H,7H2,1-2H3,(H,16,17). The molecule has 5 nitrogen and oxygen atoms in total. The molecule has 21 heavy (non-hydrogen) atoms. The van der Waals surface area contributed by atoms with E-state index in [0.29, 0.717) is 10.6 Å². The monoisotopic (exact) mass is 347 g/mol. The molecule has 1 heterocycles. The number of sulfonamides is 1. The van der Waals surface area contributed by atoms with Gasteiger partial charge < -0.3 is 0 Å². The summed E-state index contributed by atoms with van der Waals surface area (Å²) >= 11 is 11.9. The van der Waals surface area contributed by atoms with Gasteiger partial charge in [-0.1, -0.05) is 29.8 Å². The largest absolute Gasteiger partial charge is 0.266 e. The molecular formula is C13H15Cl2N3O2S. The predicted molar refractivity (Wildman–Crippen MR) is 83.0 cm³/mol. The van der Waals surface area contributed by atoms with Gasteiger partial charge in [-0.25, -0.2) is 8.42 Å². The van der Waals surface area contributed by atoms with Crippen LogP contribution in [0, 0.1) is 0 Å². The van der Waals surface area contributed by atoms with Crippen molar-refractivity contribution in [3.05, 3.63) is 46.6 Å². The number of benzene rings is 1. The molecule has 114 valence electrons. The highest BCUT2D eigenvalue weighted by atomic mass is 35.5. The van der Waals surface area contributed by atoms with Gasteiger partial charge in [0.15, 0.2) is 5.03 Å². The fourth-order valence-corrected chi connectivity index (χ4v) is 4.00. The molecule has 0 aliphatic rings. The zero-order valence-corrected chi connectivity index (χ0v) is 13.9. The maximum atomic E-state index is 12.7. The van der Waals surface area contributed by atoms with Gasteiger partial charge in [0.2, 0.25) is 0 Å². The van der Waals surface area contributed by atoms with Gasteiger partial charge in [0.25, 0.3) is 10.0 Å². The molecule has 0 fully saturated rings. The van der Waals surface area contributed by atoms with Gasteiger partial charge in [0, 0.05) is 23.7 Å². The zero-order valence-electron chi connectivity index (χ0n) is 11.5. The van der Waals surface area contributed by atoms with Gasteiger partial charge in [0.05, 0.1) is 12.1 Å². The van der Waals surface area contributed by atoms with E-state index in [2.05, 4.69) is 10.2 Å². The van der Waals surface area contributed by atoms with E-state index in [-0.39, 0.29) is 10.9 Å². The predicted octanol–water partition coefficient (Wildman–Crippen LogP) is 3.18. The second kappa shape index (κ2) is 6.36. The lowest BCUT2D eigenvalue weighted by molar-refractivity contribution is 0.396. The minimum Gasteiger partial charge on any atom is -0.266 e. The lowest BCUT2D eigenvalue weighted by Gasteiger charge is -2.25. The molecule has 8 heteroatoms. The summed E-state index contributed by atoms with van der Waals surface area (Å²) in [5.74, 6) is 0.0688. The average molecular weight is 348 g/mol. The Morgan fingerprint density at radius 1 is 1.38 bits per heavy atom. The van der Waals surface area contributed by atoms with E-state index in [1.165, 1.54) is 17.5 Å². The van der Waals surface area contributed by atoms with Crippen LogP contribution in [0.1, 0.15) is 24.1 Å². The van der Waals surface area contributed by atoms with Crippen molar-refractivity contribution < 1.29 is 8.42 Å². The minimum atomic E-state index is -3.73. The Morgan fingerprint density at radius 3 is 2.67 bits per heavy atom. The van der Waals surface area contributed by atoms with Gasteiger partial charge in [0.1, 0.15) is 0 Å². The lowest BCUT2D eigenvalue weighted by atomic mass is 10.1. The molecule has 0 saturated heterocycles. The van der Waals surface area contributed by atoms with Gasteiger partial charge in [-0.15, -0.1) is 11.6 Å². The molecule has 1 aromatic carbocycles. The van der Waals surface area contributed by atoms with Crippen LogP contribution in [0.25, 0.3) is 0 Å². The Bertz CT molecular complexity index is 731. The topological polar surface area (TPSA) is 66.1 Å². The molecule has 1 atom stereocenters. The fourth-order valence-electron chi connectivity index (χ4n) is 1.98. The maximum absolute atomic E-state index is 12.7. The van der Waals surface area contributed by atoms with Crippen LogP contribution in [0.5, 0.6) is 0 Å². The molecule has 2 aromatic rings. The van der Waals surface area contributed by atoms with Crippen molar-refractivity contribution in [1.82, 2.24) is 14.5 Å². The highest BCUT2D eigenvalue weighted by molar-refractivity contribution is 7.89. The average Bonchev–Trinajstić information content (AvgIpc) is 2.95. The summed E-state index contributed by atoms with van der Waals surface area (Å²) in [5, 5.41) is 6.79. The first-order valence-electron chi connectivity index (χ1n) is 6.20. The highest BCUT2D eigenvalue weighted by Crippen LogP contribution is 2.30. The number of alkyl halides is 1. The minimum absolute atomic E-state index is 0.0129. The summed E-state index contributed by atoms with van der Waals surface area (Å²) in [6, 6.07) is 6.73. The maximum Gasteiger partial charge on any atom is 0.260 e. The van der Waals surface area contributed by atoms with Crippen LogP contribution in [0.2, 0.25) is 5.02 Å². The van der Waals surface area contributed by atoms with E-state index >= 15 is 0 Å². The normalized spacial score (nSPS) is 13.6. The first-order chi connectivity index (χ1) is 9.89. The number of nitrogens with zero attached hydrogens (tertiary/aromatic N) is 2. The molecule has 0 amide bonds. The Balaban J connectivity index is 2.39.